The Morgan fingerprint density at radius 3 is 2.78 bits per heavy atom. The maximum atomic E-state index is 12.1. The van der Waals surface area contributed by atoms with Gasteiger partial charge in [-0.05, 0) is 5.18 Å². The largest absolute Gasteiger partial charge is 0.367 e. The summed E-state index contributed by atoms with van der Waals surface area (Å²) in [6.45, 7) is 0. The first-order valence-corrected chi connectivity index (χ1v) is 2.08. The summed E-state index contributed by atoms with van der Waals surface area (Å²) in [6.07, 6.45) is 0.794. The van der Waals surface area contributed by atoms with E-state index in [1.807, 2.05) is 0 Å². The molecule has 0 aliphatic rings. The SMILES string of the molecule is Nc1nc(N=O)cn1F. The van der Waals surface area contributed by atoms with Crippen LogP contribution in [0.5, 0.6) is 0 Å². The van der Waals surface area contributed by atoms with E-state index >= 15 is 0 Å². The molecule has 0 saturated carbocycles. The fourth-order valence-electron chi connectivity index (χ4n) is 0.405. The molecule has 0 aliphatic carbocycles. The van der Waals surface area contributed by atoms with E-state index in [4.69, 9.17) is 5.73 Å². The number of halogens is 1. The van der Waals surface area contributed by atoms with Gasteiger partial charge in [0.2, 0.25) is 11.8 Å². The molecule has 1 heterocycles. The van der Waals surface area contributed by atoms with E-state index in [1.54, 1.807) is 0 Å². The zero-order chi connectivity index (χ0) is 6.85. The Kier molecular flexibility index (Phi) is 1.14. The van der Waals surface area contributed by atoms with Crippen LogP contribution in [0.4, 0.5) is 16.2 Å². The minimum absolute atomic E-state index is 0.0245. The first-order chi connectivity index (χ1) is 4.24. The smallest absolute Gasteiger partial charge is 0.231 e. The molecular weight excluding hydrogens is 127 g/mol. The highest BCUT2D eigenvalue weighted by molar-refractivity contribution is 5.32. The molecule has 48 valence electrons. The number of anilines is 1. The Morgan fingerprint density at radius 1 is 1.89 bits per heavy atom. The Labute approximate surface area is 49.2 Å². The van der Waals surface area contributed by atoms with E-state index in [2.05, 4.69) is 10.2 Å². The van der Waals surface area contributed by atoms with Crippen molar-refractivity contribution in [3.05, 3.63) is 11.1 Å². The maximum absolute atomic E-state index is 12.1. The van der Waals surface area contributed by atoms with Crippen molar-refractivity contribution >= 4 is 11.8 Å². The minimum Gasteiger partial charge on any atom is -0.367 e. The van der Waals surface area contributed by atoms with Crippen LogP contribution >= 0.6 is 0 Å². The van der Waals surface area contributed by atoms with Gasteiger partial charge in [0.1, 0.15) is 0 Å². The number of aromatic nitrogens is 2. The van der Waals surface area contributed by atoms with Gasteiger partial charge in [0.15, 0.2) is 0 Å². The molecule has 2 N–H and O–H groups in total. The van der Waals surface area contributed by atoms with Gasteiger partial charge in [-0.25, -0.2) is 0 Å². The molecule has 1 aromatic heterocycles. The molecule has 0 bridgehead atoms. The topological polar surface area (TPSA) is 73.3 Å². The Hall–Kier alpha value is -1.46. The Balaban J connectivity index is 3.11. The second-order valence-corrected chi connectivity index (χ2v) is 1.36. The molecule has 0 amide bonds. The molecular formula is C3H3FN4O. The van der Waals surface area contributed by atoms with E-state index in [1.165, 1.54) is 0 Å². The number of hydrogen-bond donors (Lipinski definition) is 1. The lowest BCUT2D eigenvalue weighted by atomic mass is 10.8. The fourth-order valence-corrected chi connectivity index (χ4v) is 0.405. The Bertz CT molecular complexity index is 212. The summed E-state index contributed by atoms with van der Waals surface area (Å²) in [7, 11) is 0. The third-order valence-corrected chi connectivity index (χ3v) is 0.770. The standard InChI is InChI=1S/C3H3FN4O/c4-8-1-2(7-9)6-3(8)5/h1H,(H2,5,6). The van der Waals surface area contributed by atoms with Crippen molar-refractivity contribution in [2.24, 2.45) is 5.18 Å². The molecule has 1 rings (SSSR count). The molecule has 0 radical (unpaired) electrons. The normalized spacial score (nSPS) is 9.44. The van der Waals surface area contributed by atoms with Crippen LogP contribution in [0.2, 0.25) is 0 Å². The van der Waals surface area contributed by atoms with Crippen molar-refractivity contribution in [3.8, 4) is 0 Å². The summed E-state index contributed by atoms with van der Waals surface area (Å²) in [6, 6.07) is 0. The van der Waals surface area contributed by atoms with Gasteiger partial charge in [0, 0.05) is 0 Å². The summed E-state index contributed by atoms with van der Waals surface area (Å²) in [4.78, 5) is 12.9. The molecule has 0 aliphatic heterocycles. The van der Waals surface area contributed by atoms with E-state index in [-0.39, 0.29) is 16.6 Å². The van der Waals surface area contributed by atoms with Gasteiger partial charge in [-0.3, -0.25) is 0 Å². The monoisotopic (exact) mass is 130 g/mol. The summed E-state index contributed by atoms with van der Waals surface area (Å²) in [5, 5.41) is 2.35. The van der Waals surface area contributed by atoms with Gasteiger partial charge in [-0.2, -0.15) is 4.98 Å². The van der Waals surface area contributed by atoms with E-state index in [0.29, 0.717) is 0 Å². The number of nitrogens with zero attached hydrogens (tertiary/aromatic N) is 3. The lowest BCUT2D eigenvalue weighted by molar-refractivity contribution is 0.377. The minimum atomic E-state index is -0.371. The van der Waals surface area contributed by atoms with Crippen LogP contribution in [0.25, 0.3) is 0 Å². The van der Waals surface area contributed by atoms with Gasteiger partial charge in [0.05, 0.1) is 6.20 Å². The third-order valence-electron chi connectivity index (χ3n) is 0.770. The number of nitroso groups, excluding NO2 is 1. The summed E-state index contributed by atoms with van der Waals surface area (Å²) < 4.78 is 12.1. The van der Waals surface area contributed by atoms with E-state index in [0.717, 1.165) is 6.20 Å². The molecule has 9 heavy (non-hydrogen) atoms. The quantitative estimate of drug-likeness (QED) is 0.565. The van der Waals surface area contributed by atoms with Gasteiger partial charge in [0.25, 0.3) is 0 Å². The molecule has 0 spiro atoms. The lowest BCUT2D eigenvalue weighted by Gasteiger charge is -1.80. The second kappa shape index (κ2) is 1.81. The third kappa shape index (κ3) is 0.857. The van der Waals surface area contributed by atoms with Crippen molar-refractivity contribution in [1.82, 2.24) is 9.77 Å². The Morgan fingerprint density at radius 2 is 2.56 bits per heavy atom. The van der Waals surface area contributed by atoms with Crippen LogP contribution in [0.3, 0.4) is 0 Å². The number of nitrogens with two attached hydrogens (primary N) is 1. The van der Waals surface area contributed by atoms with Crippen molar-refractivity contribution in [2.45, 2.75) is 0 Å². The highest BCUT2D eigenvalue weighted by Gasteiger charge is 2.01. The fraction of sp³-hybridized carbons (Fsp3) is 0. The van der Waals surface area contributed by atoms with Crippen LogP contribution in [0.15, 0.2) is 11.4 Å². The van der Waals surface area contributed by atoms with Crippen molar-refractivity contribution < 1.29 is 4.48 Å². The first kappa shape index (κ1) is 5.67. The predicted molar refractivity (Wildman–Crippen MR) is 28.6 cm³/mol. The van der Waals surface area contributed by atoms with Gasteiger partial charge >= 0.3 is 0 Å². The van der Waals surface area contributed by atoms with Crippen molar-refractivity contribution in [1.29, 1.82) is 0 Å². The molecule has 5 nitrogen and oxygen atoms in total. The molecule has 0 aromatic carbocycles. The van der Waals surface area contributed by atoms with Crippen LogP contribution in [-0.4, -0.2) is 9.77 Å². The zero-order valence-corrected chi connectivity index (χ0v) is 4.28. The predicted octanol–water partition coefficient (Wildman–Crippen LogP) is 0.596. The zero-order valence-electron chi connectivity index (χ0n) is 4.28. The van der Waals surface area contributed by atoms with E-state index in [9.17, 15) is 9.39 Å². The van der Waals surface area contributed by atoms with Crippen molar-refractivity contribution in [2.75, 3.05) is 5.73 Å². The molecule has 0 unspecified atom stereocenters. The molecule has 0 atom stereocenters. The average Bonchev–Trinajstić information content (AvgIpc) is 2.13. The average molecular weight is 130 g/mol. The summed E-state index contributed by atoms with van der Waals surface area (Å²) in [5.41, 5.74) is 4.89. The number of hydrogen-bond acceptors (Lipinski definition) is 4. The number of rotatable bonds is 1. The number of nitrogen functional groups attached to an aromatic ring is 1. The second-order valence-electron chi connectivity index (χ2n) is 1.36. The van der Waals surface area contributed by atoms with Crippen LogP contribution in [0.1, 0.15) is 0 Å². The highest BCUT2D eigenvalue weighted by atomic mass is 19.2. The van der Waals surface area contributed by atoms with Crippen LogP contribution in [-0.2, 0) is 0 Å². The van der Waals surface area contributed by atoms with Gasteiger partial charge < -0.3 is 5.73 Å². The summed E-state index contributed by atoms with van der Waals surface area (Å²) >= 11 is 0. The van der Waals surface area contributed by atoms with Crippen LogP contribution in [0, 0.1) is 4.91 Å². The summed E-state index contributed by atoms with van der Waals surface area (Å²) in [5.74, 6) is -0.625. The highest BCUT2D eigenvalue weighted by Crippen LogP contribution is 2.11. The molecule has 6 heteroatoms. The van der Waals surface area contributed by atoms with Crippen LogP contribution < -0.4 is 5.73 Å². The van der Waals surface area contributed by atoms with E-state index < -0.39 is 0 Å². The maximum Gasteiger partial charge on any atom is 0.231 e. The van der Waals surface area contributed by atoms with Gasteiger partial charge in [-0.1, -0.05) is 4.48 Å². The van der Waals surface area contributed by atoms with Gasteiger partial charge in [-0.15, -0.1) is 9.70 Å². The molecule has 0 saturated heterocycles. The number of imidazole rings is 1. The molecule has 0 fully saturated rings. The molecule has 1 aromatic rings. The first-order valence-electron chi connectivity index (χ1n) is 2.08. The lowest BCUT2D eigenvalue weighted by Crippen LogP contribution is -1.91. The van der Waals surface area contributed by atoms with Crippen molar-refractivity contribution in [3.63, 3.8) is 0 Å².